The molecule has 0 spiro atoms. The summed E-state index contributed by atoms with van der Waals surface area (Å²) >= 11 is 0. The van der Waals surface area contributed by atoms with E-state index in [4.69, 9.17) is 0 Å². The number of carbonyl (C=O) groups is 1. The van der Waals surface area contributed by atoms with Crippen LogP contribution in [-0.4, -0.2) is 17.0 Å². The normalized spacial score (nSPS) is 50.9. The number of allylic oxidation sites excluding steroid dienone is 1. The lowest BCUT2D eigenvalue weighted by molar-refractivity contribution is -0.116. The summed E-state index contributed by atoms with van der Waals surface area (Å²) in [5.74, 6) is 4.04. The molecule has 1 N–H and O–H groups in total. The first-order valence-corrected chi connectivity index (χ1v) is 9.46. The molecule has 2 nitrogen and oxygen atoms in total. The fourth-order valence-corrected chi connectivity index (χ4v) is 6.77. The van der Waals surface area contributed by atoms with Crippen molar-refractivity contribution >= 4 is 5.78 Å². The number of hydrogen-bond donors (Lipinski definition) is 1. The summed E-state index contributed by atoms with van der Waals surface area (Å²) < 4.78 is 0. The number of carbonyl (C=O) groups excluding carboxylic acids is 1. The van der Waals surface area contributed by atoms with Crippen LogP contribution in [0, 0.1) is 35.0 Å². The van der Waals surface area contributed by atoms with Crippen molar-refractivity contribution in [2.24, 2.45) is 35.0 Å². The Labute approximate surface area is 134 Å². The maximum Gasteiger partial charge on any atom is 0.155 e. The molecule has 0 saturated heterocycles. The summed E-state index contributed by atoms with van der Waals surface area (Å²) in [6.45, 7) is 4.68. The monoisotopic (exact) mass is 302 g/mol. The molecule has 4 aliphatic rings. The molecule has 0 bridgehead atoms. The topological polar surface area (TPSA) is 37.3 Å². The van der Waals surface area contributed by atoms with Crippen LogP contribution in [0.25, 0.3) is 0 Å². The molecule has 0 radical (unpaired) electrons. The summed E-state index contributed by atoms with van der Waals surface area (Å²) in [6.07, 6.45) is 10.8. The van der Waals surface area contributed by atoms with E-state index in [0.717, 1.165) is 43.4 Å². The highest BCUT2D eigenvalue weighted by Crippen LogP contribution is 2.63. The molecule has 0 aromatic heterocycles. The van der Waals surface area contributed by atoms with Gasteiger partial charge in [0.15, 0.2) is 5.78 Å². The molecular weight excluding hydrogens is 272 g/mol. The van der Waals surface area contributed by atoms with Gasteiger partial charge in [0, 0.05) is 6.42 Å². The second kappa shape index (κ2) is 5.19. The zero-order valence-corrected chi connectivity index (χ0v) is 14.1. The Balaban J connectivity index is 1.70. The summed E-state index contributed by atoms with van der Waals surface area (Å²) in [7, 11) is 0. The third-order valence-corrected chi connectivity index (χ3v) is 7.94. The lowest BCUT2D eigenvalue weighted by Crippen LogP contribution is -2.50. The van der Waals surface area contributed by atoms with Gasteiger partial charge in [-0.3, -0.25) is 4.79 Å². The molecule has 0 aromatic carbocycles. The number of aliphatic hydroxyl groups is 1. The third-order valence-electron chi connectivity index (χ3n) is 7.94. The van der Waals surface area contributed by atoms with E-state index in [2.05, 4.69) is 13.8 Å². The molecule has 122 valence electrons. The minimum absolute atomic E-state index is 0.0826. The van der Waals surface area contributed by atoms with Gasteiger partial charge in [0.2, 0.25) is 0 Å². The Kier molecular flexibility index (Phi) is 3.52. The van der Waals surface area contributed by atoms with E-state index in [-0.39, 0.29) is 11.5 Å². The first-order chi connectivity index (χ1) is 10.5. The number of aliphatic hydroxyl groups excluding tert-OH is 1. The van der Waals surface area contributed by atoms with Gasteiger partial charge in [0.05, 0.1) is 6.10 Å². The molecule has 5 unspecified atom stereocenters. The maximum atomic E-state index is 11.8. The quantitative estimate of drug-likeness (QED) is 0.791. The van der Waals surface area contributed by atoms with Gasteiger partial charge in [-0.25, -0.2) is 0 Å². The molecule has 0 aliphatic heterocycles. The first-order valence-electron chi connectivity index (χ1n) is 9.46. The van der Waals surface area contributed by atoms with E-state index >= 15 is 0 Å². The van der Waals surface area contributed by atoms with Crippen LogP contribution in [0.2, 0.25) is 0 Å². The Morgan fingerprint density at radius 3 is 2.86 bits per heavy atom. The van der Waals surface area contributed by atoms with Gasteiger partial charge in [-0.2, -0.15) is 0 Å². The van der Waals surface area contributed by atoms with Crippen LogP contribution < -0.4 is 0 Å². The average Bonchev–Trinajstić information content (AvgIpc) is 2.81. The molecule has 3 saturated carbocycles. The number of fused-ring (bicyclic) bond motifs is 5. The second-order valence-corrected chi connectivity index (χ2v) is 8.69. The standard InChI is InChI=1S/C20H30O2/c1-3-12-10-13-11-14(21)4-5-15(13)16-8-9-20(2)17(19(12)16)6-7-18(20)22/h11-12,15-19,22H,3-10H2,1-2H3/t12?,15?,16?,17?,18-,19?,20-/m0/s1. The zero-order chi connectivity index (χ0) is 15.5. The summed E-state index contributed by atoms with van der Waals surface area (Å²) in [6, 6.07) is 0. The minimum Gasteiger partial charge on any atom is -0.393 e. The van der Waals surface area contributed by atoms with Crippen molar-refractivity contribution in [3.63, 3.8) is 0 Å². The van der Waals surface area contributed by atoms with Crippen molar-refractivity contribution < 1.29 is 9.90 Å². The van der Waals surface area contributed by atoms with Crippen LogP contribution in [0.5, 0.6) is 0 Å². The van der Waals surface area contributed by atoms with Gasteiger partial charge >= 0.3 is 0 Å². The molecule has 22 heavy (non-hydrogen) atoms. The van der Waals surface area contributed by atoms with Gasteiger partial charge in [-0.1, -0.05) is 25.8 Å². The Morgan fingerprint density at radius 2 is 2.09 bits per heavy atom. The molecule has 2 heteroatoms. The minimum atomic E-state index is -0.0826. The van der Waals surface area contributed by atoms with Gasteiger partial charge in [-0.05, 0) is 79.6 Å². The molecule has 3 fully saturated rings. The van der Waals surface area contributed by atoms with Gasteiger partial charge < -0.3 is 5.11 Å². The average molecular weight is 302 g/mol. The fourth-order valence-electron chi connectivity index (χ4n) is 6.77. The zero-order valence-electron chi connectivity index (χ0n) is 14.1. The van der Waals surface area contributed by atoms with E-state index in [1.165, 1.54) is 31.3 Å². The highest BCUT2D eigenvalue weighted by Gasteiger charge is 2.57. The highest BCUT2D eigenvalue weighted by molar-refractivity contribution is 5.91. The van der Waals surface area contributed by atoms with Crippen LogP contribution in [0.3, 0.4) is 0 Å². The smallest absolute Gasteiger partial charge is 0.155 e. The molecule has 4 aliphatic carbocycles. The van der Waals surface area contributed by atoms with E-state index in [0.29, 0.717) is 17.6 Å². The Hall–Kier alpha value is -0.630. The Morgan fingerprint density at radius 1 is 1.27 bits per heavy atom. The Bertz CT molecular complexity index is 508. The molecule has 0 aromatic rings. The molecule has 7 atom stereocenters. The van der Waals surface area contributed by atoms with Gasteiger partial charge in [0.1, 0.15) is 0 Å². The largest absolute Gasteiger partial charge is 0.393 e. The van der Waals surface area contributed by atoms with Crippen LogP contribution in [-0.2, 0) is 4.79 Å². The summed E-state index contributed by atoms with van der Waals surface area (Å²) in [5.41, 5.74) is 1.65. The number of rotatable bonds is 1. The van der Waals surface area contributed by atoms with E-state index in [1.54, 1.807) is 0 Å². The number of ketones is 1. The van der Waals surface area contributed by atoms with Gasteiger partial charge in [-0.15, -0.1) is 0 Å². The molecule has 0 heterocycles. The van der Waals surface area contributed by atoms with Crippen molar-refractivity contribution in [2.45, 2.75) is 71.3 Å². The first kappa shape index (κ1) is 14.9. The molecular formula is C20H30O2. The molecule has 0 amide bonds. The lowest BCUT2D eigenvalue weighted by Gasteiger charge is -2.56. The van der Waals surface area contributed by atoms with Crippen molar-refractivity contribution in [3.05, 3.63) is 11.6 Å². The fraction of sp³-hybridized carbons (Fsp3) is 0.850. The van der Waals surface area contributed by atoms with Crippen molar-refractivity contribution in [1.82, 2.24) is 0 Å². The van der Waals surface area contributed by atoms with Crippen LogP contribution >= 0.6 is 0 Å². The highest BCUT2D eigenvalue weighted by atomic mass is 16.3. The van der Waals surface area contributed by atoms with E-state index in [9.17, 15) is 9.90 Å². The predicted octanol–water partition coefficient (Wildman–Crippen LogP) is 4.13. The second-order valence-electron chi connectivity index (χ2n) is 8.69. The summed E-state index contributed by atoms with van der Waals surface area (Å²) in [5, 5.41) is 10.5. The predicted molar refractivity (Wildman–Crippen MR) is 87.3 cm³/mol. The molecule has 4 rings (SSSR count). The third kappa shape index (κ3) is 1.99. The summed E-state index contributed by atoms with van der Waals surface area (Å²) in [4.78, 5) is 11.8. The van der Waals surface area contributed by atoms with E-state index in [1.807, 2.05) is 6.08 Å². The van der Waals surface area contributed by atoms with Crippen LogP contribution in [0.1, 0.15) is 65.2 Å². The van der Waals surface area contributed by atoms with Crippen LogP contribution in [0.4, 0.5) is 0 Å². The maximum absolute atomic E-state index is 11.8. The SMILES string of the molecule is CCC1CC2=CC(=O)CCC2C2CC[C@@]3(C)C(CC[C@@H]3O)C12. The van der Waals surface area contributed by atoms with Crippen molar-refractivity contribution in [1.29, 1.82) is 0 Å². The lowest BCUT2D eigenvalue weighted by atomic mass is 9.49. The van der Waals surface area contributed by atoms with Gasteiger partial charge in [0.25, 0.3) is 0 Å². The van der Waals surface area contributed by atoms with Crippen molar-refractivity contribution in [3.8, 4) is 0 Å². The van der Waals surface area contributed by atoms with Crippen molar-refractivity contribution in [2.75, 3.05) is 0 Å². The van der Waals surface area contributed by atoms with Crippen LogP contribution in [0.15, 0.2) is 11.6 Å². The van der Waals surface area contributed by atoms with E-state index < -0.39 is 0 Å². The number of hydrogen-bond acceptors (Lipinski definition) is 2.